The van der Waals surface area contributed by atoms with Gasteiger partial charge in [-0.1, -0.05) is 32.0 Å². The van der Waals surface area contributed by atoms with Gasteiger partial charge in [-0.15, -0.1) is 0 Å². The van der Waals surface area contributed by atoms with Crippen molar-refractivity contribution in [2.45, 2.75) is 33.2 Å². The zero-order valence-electron chi connectivity index (χ0n) is 16.8. The third kappa shape index (κ3) is 5.25. The van der Waals surface area contributed by atoms with Gasteiger partial charge < -0.3 is 10.2 Å². The molecule has 2 heterocycles. The molecule has 1 saturated heterocycles. The van der Waals surface area contributed by atoms with Crippen molar-refractivity contribution in [3.63, 3.8) is 0 Å². The molecule has 1 aromatic carbocycles. The molecule has 2 aromatic rings. The summed E-state index contributed by atoms with van der Waals surface area (Å²) < 4.78 is 13.6. The molecule has 1 N–H and O–H groups in total. The number of rotatable bonds is 6. The molecule has 3 rings (SSSR count). The third-order valence-electron chi connectivity index (χ3n) is 4.87. The fourth-order valence-electron chi connectivity index (χ4n) is 3.22. The van der Waals surface area contributed by atoms with Crippen LogP contribution in [0.2, 0.25) is 0 Å². The highest BCUT2D eigenvalue weighted by atomic mass is 19.1. The van der Waals surface area contributed by atoms with Gasteiger partial charge in [0.05, 0.1) is 6.54 Å². The smallest absolute Gasteiger partial charge is 0.234 e. The lowest BCUT2D eigenvalue weighted by molar-refractivity contribution is -0.122. The number of aromatic nitrogens is 2. The zero-order valence-corrected chi connectivity index (χ0v) is 16.8. The van der Waals surface area contributed by atoms with Gasteiger partial charge in [-0.25, -0.2) is 14.4 Å². The molecule has 0 radical (unpaired) electrons. The number of aryl methyl sites for hydroxylation is 1. The molecule has 0 bridgehead atoms. The van der Waals surface area contributed by atoms with E-state index in [1.807, 2.05) is 13.0 Å². The summed E-state index contributed by atoms with van der Waals surface area (Å²) in [7, 11) is 0. The molecule has 0 spiro atoms. The molecule has 1 aromatic heterocycles. The van der Waals surface area contributed by atoms with Crippen LogP contribution in [-0.2, 0) is 11.3 Å². The number of benzene rings is 1. The monoisotopic (exact) mass is 385 g/mol. The topological polar surface area (TPSA) is 61.4 Å². The fourth-order valence-corrected chi connectivity index (χ4v) is 3.22. The van der Waals surface area contributed by atoms with Crippen LogP contribution in [0.1, 0.15) is 36.8 Å². The summed E-state index contributed by atoms with van der Waals surface area (Å²) in [6.45, 7) is 9.91. The Labute approximate surface area is 165 Å². The van der Waals surface area contributed by atoms with Crippen molar-refractivity contribution in [3.05, 3.63) is 53.2 Å². The second-order valence-corrected chi connectivity index (χ2v) is 7.51. The second kappa shape index (κ2) is 9.10. The Kier molecular flexibility index (Phi) is 6.57. The fraction of sp³-hybridized carbons (Fsp3) is 0.476. The van der Waals surface area contributed by atoms with Crippen LogP contribution in [0.5, 0.6) is 0 Å². The van der Waals surface area contributed by atoms with Gasteiger partial charge in [0.2, 0.25) is 5.91 Å². The molecule has 1 aliphatic rings. The van der Waals surface area contributed by atoms with Gasteiger partial charge in [-0.05, 0) is 13.0 Å². The van der Waals surface area contributed by atoms with Crippen LogP contribution in [0.15, 0.2) is 30.3 Å². The summed E-state index contributed by atoms with van der Waals surface area (Å²) in [5.41, 5.74) is 1.48. The molecule has 150 valence electrons. The van der Waals surface area contributed by atoms with Crippen molar-refractivity contribution >= 4 is 11.7 Å². The van der Waals surface area contributed by atoms with E-state index in [2.05, 4.69) is 33.9 Å². The quantitative estimate of drug-likeness (QED) is 0.828. The summed E-state index contributed by atoms with van der Waals surface area (Å²) in [4.78, 5) is 25.8. The van der Waals surface area contributed by atoms with Gasteiger partial charge in [0.15, 0.2) is 0 Å². The van der Waals surface area contributed by atoms with Crippen LogP contribution in [0.3, 0.4) is 0 Å². The first kappa shape index (κ1) is 20.2. The van der Waals surface area contributed by atoms with E-state index in [4.69, 9.17) is 4.98 Å². The molecule has 28 heavy (non-hydrogen) atoms. The van der Waals surface area contributed by atoms with E-state index < -0.39 is 0 Å². The van der Waals surface area contributed by atoms with E-state index in [1.54, 1.807) is 18.2 Å². The van der Waals surface area contributed by atoms with Crippen molar-refractivity contribution < 1.29 is 9.18 Å². The van der Waals surface area contributed by atoms with Crippen molar-refractivity contribution in [1.82, 2.24) is 20.2 Å². The Morgan fingerprint density at radius 1 is 1.18 bits per heavy atom. The highest BCUT2D eigenvalue weighted by Gasteiger charge is 2.21. The average Bonchev–Trinajstić information content (AvgIpc) is 2.67. The van der Waals surface area contributed by atoms with Crippen molar-refractivity contribution in [2.75, 3.05) is 37.6 Å². The van der Waals surface area contributed by atoms with Crippen LogP contribution in [0, 0.1) is 12.7 Å². The molecule has 0 aliphatic carbocycles. The van der Waals surface area contributed by atoms with E-state index in [9.17, 15) is 9.18 Å². The van der Waals surface area contributed by atoms with E-state index in [-0.39, 0.29) is 24.2 Å². The number of halogens is 1. The minimum Gasteiger partial charge on any atom is -0.354 e. The number of nitrogens with one attached hydrogen (secondary N) is 1. The minimum absolute atomic E-state index is 0.0864. The van der Waals surface area contributed by atoms with E-state index >= 15 is 0 Å². The molecule has 0 saturated carbocycles. The minimum atomic E-state index is -0.294. The van der Waals surface area contributed by atoms with Crippen LogP contribution >= 0.6 is 0 Å². The average molecular weight is 385 g/mol. The SMILES string of the molecule is Cc1cc(N2CCN(CC(=O)NCc3ccccc3F)CC2)nc(C(C)C)n1. The predicted molar refractivity (Wildman–Crippen MR) is 108 cm³/mol. The predicted octanol–water partition coefficient (Wildman–Crippen LogP) is 2.49. The Hall–Kier alpha value is -2.54. The van der Waals surface area contributed by atoms with E-state index in [0.717, 1.165) is 43.5 Å². The van der Waals surface area contributed by atoms with Crippen LogP contribution in [0.25, 0.3) is 0 Å². The van der Waals surface area contributed by atoms with Gasteiger partial charge in [0, 0.05) is 56.0 Å². The standard InChI is InChI=1S/C21H28FN5O/c1-15(2)21-24-16(3)12-19(25-21)27-10-8-26(9-11-27)14-20(28)23-13-17-6-4-5-7-18(17)22/h4-7,12,15H,8-11,13-14H2,1-3H3,(H,23,28). The zero-order chi connectivity index (χ0) is 20.1. The first-order chi connectivity index (χ1) is 13.4. The molecule has 1 fully saturated rings. The summed E-state index contributed by atoms with van der Waals surface area (Å²) >= 11 is 0. The highest BCUT2D eigenvalue weighted by Crippen LogP contribution is 2.18. The molecule has 7 heteroatoms. The van der Waals surface area contributed by atoms with Gasteiger partial charge in [-0.3, -0.25) is 9.69 Å². The first-order valence-electron chi connectivity index (χ1n) is 9.75. The maximum atomic E-state index is 13.6. The maximum Gasteiger partial charge on any atom is 0.234 e. The Bertz CT molecular complexity index is 818. The number of carbonyl (C=O) groups is 1. The van der Waals surface area contributed by atoms with Crippen LogP contribution in [-0.4, -0.2) is 53.5 Å². The molecule has 0 atom stereocenters. The van der Waals surface area contributed by atoms with Gasteiger partial charge in [0.1, 0.15) is 17.5 Å². The first-order valence-corrected chi connectivity index (χ1v) is 9.75. The number of amides is 1. The summed E-state index contributed by atoms with van der Waals surface area (Å²) in [5, 5.41) is 2.80. The van der Waals surface area contributed by atoms with Crippen molar-refractivity contribution in [3.8, 4) is 0 Å². The molecular weight excluding hydrogens is 357 g/mol. The number of anilines is 1. The maximum absolute atomic E-state index is 13.6. The second-order valence-electron chi connectivity index (χ2n) is 7.51. The lowest BCUT2D eigenvalue weighted by Gasteiger charge is -2.35. The van der Waals surface area contributed by atoms with Crippen LogP contribution in [0.4, 0.5) is 10.2 Å². The number of piperazine rings is 1. The number of nitrogens with zero attached hydrogens (tertiary/aromatic N) is 4. The Morgan fingerprint density at radius 3 is 2.57 bits per heavy atom. The summed E-state index contributed by atoms with van der Waals surface area (Å²) in [6.07, 6.45) is 0. The van der Waals surface area contributed by atoms with Crippen LogP contribution < -0.4 is 10.2 Å². The van der Waals surface area contributed by atoms with E-state index in [1.165, 1.54) is 6.07 Å². The molecular formula is C21H28FN5O. The lowest BCUT2D eigenvalue weighted by atomic mass is 10.2. The normalized spacial score (nSPS) is 15.1. The van der Waals surface area contributed by atoms with Gasteiger partial charge in [0.25, 0.3) is 0 Å². The van der Waals surface area contributed by atoms with Crippen molar-refractivity contribution in [2.24, 2.45) is 0 Å². The lowest BCUT2D eigenvalue weighted by Crippen LogP contribution is -2.49. The Balaban J connectivity index is 1.49. The van der Waals surface area contributed by atoms with Crippen molar-refractivity contribution in [1.29, 1.82) is 0 Å². The molecule has 1 aliphatic heterocycles. The molecule has 0 unspecified atom stereocenters. The van der Waals surface area contributed by atoms with E-state index in [0.29, 0.717) is 12.1 Å². The number of hydrogen-bond donors (Lipinski definition) is 1. The number of hydrogen-bond acceptors (Lipinski definition) is 5. The molecule has 1 amide bonds. The third-order valence-corrected chi connectivity index (χ3v) is 4.87. The summed E-state index contributed by atoms with van der Waals surface area (Å²) in [6, 6.07) is 8.51. The molecule has 6 nitrogen and oxygen atoms in total. The summed E-state index contributed by atoms with van der Waals surface area (Å²) in [5.74, 6) is 1.73. The Morgan fingerprint density at radius 2 is 1.89 bits per heavy atom. The van der Waals surface area contributed by atoms with Gasteiger partial charge >= 0.3 is 0 Å². The highest BCUT2D eigenvalue weighted by molar-refractivity contribution is 5.78. The largest absolute Gasteiger partial charge is 0.354 e. The van der Waals surface area contributed by atoms with Gasteiger partial charge in [-0.2, -0.15) is 0 Å². The number of carbonyl (C=O) groups excluding carboxylic acids is 1.